The molecule has 6 heteroatoms. The van der Waals surface area contributed by atoms with Gasteiger partial charge in [0.2, 0.25) is 0 Å². The maximum Gasteiger partial charge on any atom is 0.347 e. The summed E-state index contributed by atoms with van der Waals surface area (Å²) in [7, 11) is 0. The van der Waals surface area contributed by atoms with Gasteiger partial charge in [-0.25, -0.2) is 4.79 Å². The first-order valence-electron chi connectivity index (χ1n) is 6.83. The van der Waals surface area contributed by atoms with Crippen LogP contribution in [0, 0.1) is 0 Å². The van der Waals surface area contributed by atoms with E-state index in [1.165, 1.54) is 6.92 Å². The van der Waals surface area contributed by atoms with Crippen LogP contribution >= 0.6 is 15.9 Å². The summed E-state index contributed by atoms with van der Waals surface area (Å²) in [6.07, 6.45) is 0.470. The molecular formula is C15H20BrNO4. The van der Waals surface area contributed by atoms with Crippen molar-refractivity contribution >= 4 is 33.4 Å². The summed E-state index contributed by atoms with van der Waals surface area (Å²) >= 11 is 3.29. The molecule has 0 saturated heterocycles. The summed E-state index contributed by atoms with van der Waals surface area (Å²) in [6, 6.07) is 3.26. The monoisotopic (exact) mass is 357 g/mol. The number of carbonyl (C=O) groups is 2. The van der Waals surface area contributed by atoms with Gasteiger partial charge in [0.15, 0.2) is 17.6 Å². The molecule has 2 N–H and O–H groups in total. The van der Waals surface area contributed by atoms with Crippen molar-refractivity contribution in [2.24, 2.45) is 0 Å². The molecule has 1 aromatic rings. The highest BCUT2D eigenvalue weighted by Gasteiger charge is 2.24. The number of Topliss-reactive ketones (excluding diaryl/α,β-unsaturated/α-hetero) is 1. The smallest absolute Gasteiger partial charge is 0.347 e. The van der Waals surface area contributed by atoms with Crippen LogP contribution in [0.15, 0.2) is 16.6 Å². The number of rotatable bonds is 7. The third-order valence-corrected chi connectivity index (χ3v) is 3.28. The number of nitrogen functional groups attached to an aromatic ring is 1. The molecule has 1 unspecified atom stereocenters. The number of nitrogens with two attached hydrogens (primary N) is 1. The number of ether oxygens (including phenoxy) is 2. The van der Waals surface area contributed by atoms with E-state index in [9.17, 15) is 9.59 Å². The Hall–Kier alpha value is -1.56. The maximum absolute atomic E-state index is 11.9. The van der Waals surface area contributed by atoms with Crippen LogP contribution < -0.4 is 10.5 Å². The zero-order valence-electron chi connectivity index (χ0n) is 12.4. The molecule has 116 valence electrons. The highest BCUT2D eigenvalue weighted by molar-refractivity contribution is 9.10. The molecule has 0 aliphatic carbocycles. The lowest BCUT2D eigenvalue weighted by molar-refractivity contribution is -0.151. The maximum atomic E-state index is 11.9. The zero-order valence-corrected chi connectivity index (χ0v) is 14.0. The minimum Gasteiger partial charge on any atom is -0.476 e. The summed E-state index contributed by atoms with van der Waals surface area (Å²) in [5.41, 5.74) is 6.56. The molecule has 0 heterocycles. The van der Waals surface area contributed by atoms with Crippen molar-refractivity contribution in [3.05, 3.63) is 22.2 Å². The standard InChI is InChI=1S/C15H20BrNO4/c1-4-6-13(15(19)20-5-2)21-14-11(9(3)18)7-10(16)8-12(14)17/h7-8,13H,4-6,17H2,1-3H3. The fourth-order valence-electron chi connectivity index (χ4n) is 1.87. The van der Waals surface area contributed by atoms with Gasteiger partial charge in [0.1, 0.15) is 0 Å². The molecule has 0 aromatic heterocycles. The van der Waals surface area contributed by atoms with Crippen molar-refractivity contribution in [3.63, 3.8) is 0 Å². The van der Waals surface area contributed by atoms with E-state index in [2.05, 4.69) is 15.9 Å². The van der Waals surface area contributed by atoms with Crippen LogP contribution in [-0.4, -0.2) is 24.5 Å². The molecule has 1 aromatic carbocycles. The molecule has 5 nitrogen and oxygen atoms in total. The van der Waals surface area contributed by atoms with Crippen molar-refractivity contribution in [2.45, 2.75) is 39.7 Å². The fraction of sp³-hybridized carbons (Fsp3) is 0.467. The summed E-state index contributed by atoms with van der Waals surface area (Å²) in [5.74, 6) is -0.398. The molecule has 21 heavy (non-hydrogen) atoms. The minimum absolute atomic E-state index is 0.183. The number of hydrogen-bond donors (Lipinski definition) is 1. The van der Waals surface area contributed by atoms with Gasteiger partial charge in [-0.1, -0.05) is 29.3 Å². The Morgan fingerprint density at radius 1 is 1.33 bits per heavy atom. The Bertz CT molecular complexity index is 531. The van der Waals surface area contributed by atoms with E-state index in [-0.39, 0.29) is 18.1 Å². The molecule has 0 spiro atoms. The van der Waals surface area contributed by atoms with Crippen molar-refractivity contribution in [3.8, 4) is 5.75 Å². The van der Waals surface area contributed by atoms with E-state index in [0.29, 0.717) is 22.1 Å². The lowest BCUT2D eigenvalue weighted by atomic mass is 10.1. The molecule has 1 atom stereocenters. The Labute approximate surface area is 132 Å². The summed E-state index contributed by atoms with van der Waals surface area (Å²) < 4.78 is 11.4. The molecule has 0 saturated carbocycles. The number of anilines is 1. The Morgan fingerprint density at radius 3 is 2.52 bits per heavy atom. The first-order valence-corrected chi connectivity index (χ1v) is 7.63. The van der Waals surface area contributed by atoms with Gasteiger partial charge in [0.25, 0.3) is 0 Å². The predicted molar refractivity (Wildman–Crippen MR) is 84.5 cm³/mol. The molecule has 0 aliphatic rings. The van der Waals surface area contributed by atoms with E-state index in [4.69, 9.17) is 15.2 Å². The van der Waals surface area contributed by atoms with Crippen LogP contribution in [-0.2, 0) is 9.53 Å². The SMILES string of the molecule is CCCC(Oc1c(N)cc(Br)cc1C(C)=O)C(=O)OCC. The van der Waals surface area contributed by atoms with Gasteiger partial charge in [-0.3, -0.25) is 4.79 Å². The molecule has 0 aliphatic heterocycles. The van der Waals surface area contributed by atoms with Gasteiger partial charge in [0.05, 0.1) is 17.9 Å². The van der Waals surface area contributed by atoms with Crippen molar-refractivity contribution in [2.75, 3.05) is 12.3 Å². The topological polar surface area (TPSA) is 78.6 Å². The van der Waals surface area contributed by atoms with E-state index in [1.54, 1.807) is 19.1 Å². The average molecular weight is 358 g/mol. The summed E-state index contributed by atoms with van der Waals surface area (Å²) in [4.78, 5) is 23.6. The quantitative estimate of drug-likeness (QED) is 0.459. The molecule has 0 fully saturated rings. The largest absolute Gasteiger partial charge is 0.476 e. The van der Waals surface area contributed by atoms with Crippen LogP contribution in [0.1, 0.15) is 44.0 Å². The van der Waals surface area contributed by atoms with Crippen molar-refractivity contribution < 1.29 is 19.1 Å². The van der Waals surface area contributed by atoms with E-state index in [1.807, 2.05) is 6.92 Å². The molecule has 0 radical (unpaired) electrons. The number of ketones is 1. The van der Waals surface area contributed by atoms with Gasteiger partial charge in [-0.2, -0.15) is 0 Å². The summed E-state index contributed by atoms with van der Waals surface area (Å²) in [6.45, 7) is 5.37. The van der Waals surface area contributed by atoms with Crippen molar-refractivity contribution in [1.29, 1.82) is 0 Å². The highest BCUT2D eigenvalue weighted by Crippen LogP contribution is 2.32. The third kappa shape index (κ3) is 4.74. The number of halogens is 1. The summed E-state index contributed by atoms with van der Waals surface area (Å²) in [5, 5.41) is 0. The van der Waals surface area contributed by atoms with Crippen molar-refractivity contribution in [1.82, 2.24) is 0 Å². The number of carbonyl (C=O) groups excluding carboxylic acids is 2. The van der Waals surface area contributed by atoms with E-state index < -0.39 is 12.1 Å². The second kappa shape index (κ2) is 8.02. The first-order chi connectivity index (χ1) is 9.90. The Kier molecular flexibility index (Phi) is 6.68. The van der Waals surface area contributed by atoms with Crippen LogP contribution in [0.2, 0.25) is 0 Å². The number of esters is 1. The zero-order chi connectivity index (χ0) is 16.0. The van der Waals surface area contributed by atoms with Crippen LogP contribution in [0.25, 0.3) is 0 Å². The van der Waals surface area contributed by atoms with E-state index in [0.717, 1.165) is 6.42 Å². The van der Waals surface area contributed by atoms with Gasteiger partial charge in [-0.05, 0) is 32.4 Å². The second-order valence-corrected chi connectivity index (χ2v) is 5.49. The van der Waals surface area contributed by atoms with Gasteiger partial charge in [-0.15, -0.1) is 0 Å². The second-order valence-electron chi connectivity index (χ2n) is 4.58. The van der Waals surface area contributed by atoms with Crippen LogP contribution in [0.3, 0.4) is 0 Å². The lowest BCUT2D eigenvalue weighted by Crippen LogP contribution is -2.30. The first kappa shape index (κ1) is 17.5. The predicted octanol–water partition coefficient (Wildman–Crippen LogP) is 3.34. The lowest BCUT2D eigenvalue weighted by Gasteiger charge is -2.20. The fourth-order valence-corrected chi connectivity index (χ4v) is 2.35. The highest BCUT2D eigenvalue weighted by atomic mass is 79.9. The third-order valence-electron chi connectivity index (χ3n) is 2.82. The van der Waals surface area contributed by atoms with Gasteiger partial charge >= 0.3 is 5.97 Å². The Morgan fingerprint density at radius 2 is 2.00 bits per heavy atom. The molecule has 0 amide bonds. The van der Waals surface area contributed by atoms with Gasteiger partial charge < -0.3 is 15.2 Å². The normalized spacial score (nSPS) is 11.8. The molecule has 1 rings (SSSR count). The Balaban J connectivity index is 3.13. The van der Waals surface area contributed by atoms with E-state index >= 15 is 0 Å². The average Bonchev–Trinajstić information content (AvgIpc) is 2.40. The minimum atomic E-state index is -0.767. The number of benzene rings is 1. The van der Waals surface area contributed by atoms with Crippen LogP contribution in [0.5, 0.6) is 5.75 Å². The molecular weight excluding hydrogens is 338 g/mol. The molecule has 0 bridgehead atoms. The number of hydrogen-bond acceptors (Lipinski definition) is 5. The van der Waals surface area contributed by atoms with Crippen LogP contribution in [0.4, 0.5) is 5.69 Å². The van der Waals surface area contributed by atoms with Gasteiger partial charge in [0, 0.05) is 4.47 Å².